The lowest BCUT2D eigenvalue weighted by molar-refractivity contribution is -0.126. The summed E-state index contributed by atoms with van der Waals surface area (Å²) in [6.45, 7) is 5.01. The number of ether oxygens (including phenoxy) is 3. The first kappa shape index (κ1) is 25.0. The molecule has 36 heavy (non-hydrogen) atoms. The van der Waals surface area contributed by atoms with E-state index in [0.717, 1.165) is 11.1 Å². The maximum Gasteiger partial charge on any atom is 0.227 e. The average molecular weight is 490 g/mol. The maximum absolute atomic E-state index is 13.1. The minimum absolute atomic E-state index is 0.0904. The van der Waals surface area contributed by atoms with Gasteiger partial charge < -0.3 is 24.4 Å². The van der Waals surface area contributed by atoms with E-state index in [0.29, 0.717) is 42.7 Å². The summed E-state index contributed by atoms with van der Waals surface area (Å²) in [6.07, 6.45) is 3.60. The van der Waals surface area contributed by atoms with Crippen LogP contribution in [0.5, 0.6) is 17.2 Å². The smallest absolute Gasteiger partial charge is 0.227 e. The summed E-state index contributed by atoms with van der Waals surface area (Å²) < 4.78 is 17.1. The second-order valence-corrected chi connectivity index (χ2v) is 8.59. The van der Waals surface area contributed by atoms with E-state index in [9.17, 15) is 9.59 Å². The third-order valence-electron chi connectivity index (χ3n) is 6.14. The molecule has 0 radical (unpaired) electrons. The number of aromatic nitrogens is 1. The molecule has 1 aliphatic rings. The molecule has 0 saturated carbocycles. The molecule has 4 rings (SSSR count). The molecule has 1 aromatic heterocycles. The number of anilines is 1. The van der Waals surface area contributed by atoms with Gasteiger partial charge in [-0.3, -0.25) is 14.6 Å². The van der Waals surface area contributed by atoms with Gasteiger partial charge in [0.1, 0.15) is 12.4 Å². The maximum atomic E-state index is 13.1. The quantitative estimate of drug-likeness (QED) is 0.457. The molecule has 1 saturated heterocycles. The minimum Gasteiger partial charge on any atom is -0.493 e. The summed E-state index contributed by atoms with van der Waals surface area (Å²) in [6, 6.07) is 16.5. The zero-order valence-electron chi connectivity index (χ0n) is 20.8. The number of nitrogens with one attached hydrogen (secondary N) is 1. The highest BCUT2D eigenvalue weighted by atomic mass is 16.5. The third-order valence-corrected chi connectivity index (χ3v) is 6.14. The van der Waals surface area contributed by atoms with Crippen LogP contribution in [0, 0.1) is 5.92 Å². The second kappa shape index (κ2) is 11.6. The number of carbonyl (C=O) groups is 2. The summed E-state index contributed by atoms with van der Waals surface area (Å²) in [4.78, 5) is 31.5. The highest BCUT2D eigenvalue weighted by Gasteiger charge is 2.36. The van der Waals surface area contributed by atoms with Crippen LogP contribution < -0.4 is 24.4 Å². The number of hydrogen-bond donors (Lipinski definition) is 1. The van der Waals surface area contributed by atoms with Gasteiger partial charge in [-0.2, -0.15) is 0 Å². The van der Waals surface area contributed by atoms with Crippen molar-refractivity contribution in [1.82, 2.24) is 10.3 Å². The standard InChI is InChI=1S/C28H31N3O5/c1-4-35-24-8-6-5-7-23(24)31-17-22(16-27(31)32)28(33)30-19(2)21-9-10-25(26(15-21)34-3)36-18-20-11-13-29-14-12-20/h5-15,19,22H,4,16-18H2,1-3H3,(H,30,33). The van der Waals surface area contributed by atoms with Crippen LogP contribution in [-0.4, -0.2) is 37.1 Å². The predicted molar refractivity (Wildman–Crippen MR) is 136 cm³/mol. The zero-order valence-corrected chi connectivity index (χ0v) is 20.8. The number of pyridine rings is 1. The van der Waals surface area contributed by atoms with Gasteiger partial charge in [-0.05, 0) is 61.4 Å². The largest absolute Gasteiger partial charge is 0.493 e. The highest BCUT2D eigenvalue weighted by molar-refractivity contribution is 6.01. The predicted octanol–water partition coefficient (Wildman–Crippen LogP) is 4.30. The van der Waals surface area contributed by atoms with Crippen molar-refractivity contribution in [1.29, 1.82) is 0 Å². The molecule has 1 N–H and O–H groups in total. The molecular formula is C28H31N3O5. The van der Waals surface area contributed by atoms with E-state index in [4.69, 9.17) is 14.2 Å². The van der Waals surface area contributed by atoms with Crippen molar-refractivity contribution in [3.05, 3.63) is 78.1 Å². The molecule has 3 aromatic rings. The van der Waals surface area contributed by atoms with Crippen LogP contribution in [0.4, 0.5) is 5.69 Å². The van der Waals surface area contributed by atoms with Crippen molar-refractivity contribution in [2.75, 3.05) is 25.2 Å². The van der Waals surface area contributed by atoms with Gasteiger partial charge in [0, 0.05) is 25.4 Å². The molecule has 2 aromatic carbocycles. The fourth-order valence-corrected chi connectivity index (χ4v) is 4.20. The van der Waals surface area contributed by atoms with Crippen LogP contribution >= 0.6 is 0 Å². The van der Waals surface area contributed by atoms with Crippen molar-refractivity contribution < 1.29 is 23.8 Å². The van der Waals surface area contributed by atoms with Gasteiger partial charge >= 0.3 is 0 Å². The van der Waals surface area contributed by atoms with Gasteiger partial charge in [-0.1, -0.05) is 18.2 Å². The number of carbonyl (C=O) groups excluding carboxylic acids is 2. The Balaban J connectivity index is 1.39. The molecular weight excluding hydrogens is 458 g/mol. The van der Waals surface area contributed by atoms with Crippen LogP contribution in [0.2, 0.25) is 0 Å². The lowest BCUT2D eigenvalue weighted by Crippen LogP contribution is -2.34. The van der Waals surface area contributed by atoms with E-state index in [1.807, 2.05) is 68.4 Å². The zero-order chi connectivity index (χ0) is 25.5. The van der Waals surface area contributed by atoms with Gasteiger partial charge in [-0.25, -0.2) is 0 Å². The first-order chi connectivity index (χ1) is 17.5. The van der Waals surface area contributed by atoms with Crippen LogP contribution in [0.15, 0.2) is 67.0 Å². The fourth-order valence-electron chi connectivity index (χ4n) is 4.20. The number of nitrogens with zero attached hydrogens (tertiary/aromatic N) is 2. The lowest BCUT2D eigenvalue weighted by atomic mass is 10.0. The first-order valence-corrected chi connectivity index (χ1v) is 12.0. The Morgan fingerprint density at radius 3 is 2.61 bits per heavy atom. The molecule has 2 amide bonds. The number of para-hydroxylation sites is 2. The molecule has 2 heterocycles. The summed E-state index contributed by atoms with van der Waals surface area (Å²) in [7, 11) is 1.58. The van der Waals surface area contributed by atoms with Gasteiger partial charge in [0.15, 0.2) is 11.5 Å². The Kier molecular flexibility index (Phi) is 8.05. The molecule has 188 valence electrons. The third kappa shape index (κ3) is 5.76. The number of methoxy groups -OCH3 is 1. The molecule has 8 nitrogen and oxygen atoms in total. The van der Waals surface area contributed by atoms with Crippen molar-refractivity contribution in [3.63, 3.8) is 0 Å². The highest BCUT2D eigenvalue weighted by Crippen LogP contribution is 2.34. The monoisotopic (exact) mass is 489 g/mol. The number of benzene rings is 2. The Morgan fingerprint density at radius 2 is 1.86 bits per heavy atom. The van der Waals surface area contributed by atoms with Gasteiger partial charge in [-0.15, -0.1) is 0 Å². The molecule has 0 aliphatic carbocycles. The Morgan fingerprint density at radius 1 is 1.08 bits per heavy atom. The number of rotatable bonds is 10. The minimum atomic E-state index is -0.445. The van der Waals surface area contributed by atoms with Crippen molar-refractivity contribution >= 4 is 17.5 Å². The van der Waals surface area contributed by atoms with Gasteiger partial charge in [0.05, 0.1) is 31.4 Å². The van der Waals surface area contributed by atoms with E-state index < -0.39 is 5.92 Å². The first-order valence-electron chi connectivity index (χ1n) is 12.0. The van der Waals surface area contributed by atoms with E-state index in [1.165, 1.54) is 0 Å². The topological polar surface area (TPSA) is 90.0 Å². The Labute approximate surface area is 211 Å². The van der Waals surface area contributed by atoms with Crippen LogP contribution in [0.3, 0.4) is 0 Å². The Hall–Kier alpha value is -4.07. The molecule has 2 atom stereocenters. The molecule has 8 heteroatoms. The molecule has 0 spiro atoms. The Bertz CT molecular complexity index is 1200. The number of hydrogen-bond acceptors (Lipinski definition) is 6. The van der Waals surface area contributed by atoms with Crippen molar-refractivity contribution in [2.45, 2.75) is 32.9 Å². The summed E-state index contributed by atoms with van der Waals surface area (Å²) in [5.41, 5.74) is 2.57. The van der Waals surface area contributed by atoms with Crippen LogP contribution in [0.1, 0.15) is 37.4 Å². The molecule has 0 bridgehead atoms. The van der Waals surface area contributed by atoms with Crippen molar-refractivity contribution in [3.8, 4) is 17.2 Å². The average Bonchev–Trinajstić information content (AvgIpc) is 3.30. The lowest BCUT2D eigenvalue weighted by Gasteiger charge is -2.21. The molecule has 1 aliphatic heterocycles. The van der Waals surface area contributed by atoms with Crippen LogP contribution in [0.25, 0.3) is 0 Å². The fraction of sp³-hybridized carbons (Fsp3) is 0.321. The normalized spacial score (nSPS) is 15.9. The van der Waals surface area contributed by atoms with E-state index >= 15 is 0 Å². The summed E-state index contributed by atoms with van der Waals surface area (Å²) in [5.74, 6) is 1.14. The van der Waals surface area contributed by atoms with Crippen LogP contribution in [-0.2, 0) is 16.2 Å². The summed E-state index contributed by atoms with van der Waals surface area (Å²) in [5, 5.41) is 3.05. The summed E-state index contributed by atoms with van der Waals surface area (Å²) >= 11 is 0. The van der Waals surface area contributed by atoms with E-state index in [2.05, 4.69) is 10.3 Å². The second-order valence-electron chi connectivity index (χ2n) is 8.59. The van der Waals surface area contributed by atoms with Gasteiger partial charge in [0.2, 0.25) is 11.8 Å². The number of amides is 2. The van der Waals surface area contributed by atoms with Crippen molar-refractivity contribution in [2.24, 2.45) is 5.92 Å². The van der Waals surface area contributed by atoms with E-state index in [1.54, 1.807) is 24.4 Å². The molecule has 2 unspecified atom stereocenters. The van der Waals surface area contributed by atoms with E-state index in [-0.39, 0.29) is 24.3 Å². The molecule has 1 fully saturated rings. The SMILES string of the molecule is CCOc1ccccc1N1CC(C(=O)NC(C)c2ccc(OCc3ccncc3)c(OC)c2)CC1=O. The van der Waals surface area contributed by atoms with Gasteiger partial charge in [0.25, 0.3) is 0 Å².